The van der Waals surface area contributed by atoms with Crippen LogP contribution in [0.15, 0.2) is 35.1 Å². The highest BCUT2D eigenvalue weighted by atomic mass is 16.4. The molecule has 1 aromatic carbocycles. The van der Waals surface area contributed by atoms with Gasteiger partial charge in [0.25, 0.3) is 0 Å². The van der Waals surface area contributed by atoms with Crippen molar-refractivity contribution in [3.05, 3.63) is 30.7 Å². The average Bonchev–Trinajstić information content (AvgIpc) is 2.78. The summed E-state index contributed by atoms with van der Waals surface area (Å²) in [5.41, 5.74) is 2.12. The molecule has 0 aliphatic heterocycles. The molecule has 82 valence electrons. The smallest absolute Gasteiger partial charge is 0.247 e. The van der Waals surface area contributed by atoms with Crippen LogP contribution in [0.1, 0.15) is 19.3 Å². The third-order valence-corrected chi connectivity index (χ3v) is 2.97. The van der Waals surface area contributed by atoms with Crippen LogP contribution >= 0.6 is 0 Å². The minimum atomic E-state index is 0.565. The molecular formula is C12H13N3O. The first-order chi connectivity index (χ1) is 7.92. The van der Waals surface area contributed by atoms with Crippen LogP contribution in [0.5, 0.6) is 0 Å². The summed E-state index contributed by atoms with van der Waals surface area (Å²) in [6, 6.07) is 8.76. The normalized spacial score (nSPS) is 15.8. The van der Waals surface area contributed by atoms with Crippen LogP contribution in [-0.2, 0) is 0 Å². The lowest BCUT2D eigenvalue weighted by Crippen LogP contribution is -2.26. The Hall–Kier alpha value is -1.84. The molecule has 0 saturated heterocycles. The van der Waals surface area contributed by atoms with E-state index in [2.05, 4.69) is 27.6 Å². The summed E-state index contributed by atoms with van der Waals surface area (Å²) in [6.07, 6.45) is 5.25. The second kappa shape index (κ2) is 3.96. The van der Waals surface area contributed by atoms with Gasteiger partial charge in [-0.1, -0.05) is 0 Å². The Kier molecular flexibility index (Phi) is 2.33. The Bertz CT molecular complexity index is 446. The number of hydrogen-bond acceptors (Lipinski definition) is 4. The van der Waals surface area contributed by atoms with Gasteiger partial charge in [0.1, 0.15) is 0 Å². The standard InChI is InChI=1S/C12H13N3O/c1-2-10(3-1)14-11-6-4-9(5-7-11)12-15-13-8-16-12/h4-8,10,14H,1-3H2. The van der Waals surface area contributed by atoms with Gasteiger partial charge >= 0.3 is 0 Å². The van der Waals surface area contributed by atoms with Crippen molar-refractivity contribution >= 4 is 5.69 Å². The minimum Gasteiger partial charge on any atom is -0.423 e. The Morgan fingerprint density at radius 3 is 2.56 bits per heavy atom. The maximum absolute atomic E-state index is 5.13. The molecule has 4 heteroatoms. The van der Waals surface area contributed by atoms with E-state index in [9.17, 15) is 0 Å². The topological polar surface area (TPSA) is 51.0 Å². The lowest BCUT2D eigenvalue weighted by Gasteiger charge is -2.27. The molecule has 1 saturated carbocycles. The fraction of sp³-hybridized carbons (Fsp3) is 0.333. The number of rotatable bonds is 3. The highest BCUT2D eigenvalue weighted by Crippen LogP contribution is 2.24. The number of hydrogen-bond donors (Lipinski definition) is 1. The molecule has 4 nitrogen and oxygen atoms in total. The van der Waals surface area contributed by atoms with Crippen molar-refractivity contribution in [2.24, 2.45) is 0 Å². The molecule has 1 N–H and O–H groups in total. The molecule has 0 unspecified atom stereocenters. The molecule has 16 heavy (non-hydrogen) atoms. The largest absolute Gasteiger partial charge is 0.423 e. The van der Waals surface area contributed by atoms with E-state index in [-0.39, 0.29) is 0 Å². The number of nitrogens with one attached hydrogen (secondary N) is 1. The van der Waals surface area contributed by atoms with Crippen LogP contribution in [0.25, 0.3) is 11.5 Å². The highest BCUT2D eigenvalue weighted by molar-refractivity contribution is 5.58. The van der Waals surface area contributed by atoms with E-state index in [0.717, 1.165) is 11.3 Å². The number of aromatic nitrogens is 2. The molecule has 0 atom stereocenters. The molecule has 0 amide bonds. The van der Waals surface area contributed by atoms with Gasteiger partial charge in [0.05, 0.1) is 0 Å². The Labute approximate surface area is 93.7 Å². The van der Waals surface area contributed by atoms with E-state index in [1.54, 1.807) is 0 Å². The van der Waals surface area contributed by atoms with E-state index < -0.39 is 0 Å². The van der Waals surface area contributed by atoms with Crippen LogP contribution in [0.4, 0.5) is 5.69 Å². The molecule has 3 rings (SSSR count). The Morgan fingerprint density at radius 2 is 2.00 bits per heavy atom. The molecule has 1 aliphatic carbocycles. The first-order valence-corrected chi connectivity index (χ1v) is 5.55. The molecule has 1 aromatic heterocycles. The van der Waals surface area contributed by atoms with Crippen molar-refractivity contribution in [2.45, 2.75) is 25.3 Å². The van der Waals surface area contributed by atoms with Gasteiger partial charge in [-0.15, -0.1) is 10.2 Å². The van der Waals surface area contributed by atoms with Crippen molar-refractivity contribution in [1.29, 1.82) is 0 Å². The molecule has 1 heterocycles. The zero-order chi connectivity index (χ0) is 10.8. The predicted octanol–water partition coefficient (Wildman–Crippen LogP) is 2.70. The third-order valence-electron chi connectivity index (χ3n) is 2.97. The van der Waals surface area contributed by atoms with Gasteiger partial charge in [-0.2, -0.15) is 0 Å². The fourth-order valence-electron chi connectivity index (χ4n) is 1.80. The van der Waals surface area contributed by atoms with E-state index in [1.807, 2.05) is 12.1 Å². The summed E-state index contributed by atoms with van der Waals surface area (Å²) in [5.74, 6) is 0.565. The van der Waals surface area contributed by atoms with E-state index in [4.69, 9.17) is 4.42 Å². The Balaban J connectivity index is 1.74. The zero-order valence-corrected chi connectivity index (χ0v) is 8.89. The molecule has 0 spiro atoms. The van der Waals surface area contributed by atoms with Gasteiger partial charge in [0.15, 0.2) is 0 Å². The van der Waals surface area contributed by atoms with Crippen molar-refractivity contribution in [2.75, 3.05) is 5.32 Å². The molecule has 0 bridgehead atoms. The van der Waals surface area contributed by atoms with Gasteiger partial charge in [-0.05, 0) is 43.5 Å². The highest BCUT2D eigenvalue weighted by Gasteiger charge is 2.16. The van der Waals surface area contributed by atoms with Gasteiger partial charge in [0.2, 0.25) is 12.3 Å². The predicted molar refractivity (Wildman–Crippen MR) is 61.0 cm³/mol. The monoisotopic (exact) mass is 215 g/mol. The summed E-state index contributed by atoms with van der Waals surface area (Å²) in [7, 11) is 0. The fourth-order valence-corrected chi connectivity index (χ4v) is 1.80. The van der Waals surface area contributed by atoms with E-state index in [0.29, 0.717) is 11.9 Å². The van der Waals surface area contributed by atoms with Crippen LogP contribution in [-0.4, -0.2) is 16.2 Å². The summed E-state index contributed by atoms with van der Waals surface area (Å²) < 4.78 is 5.13. The molecule has 2 aromatic rings. The molecule has 1 aliphatic rings. The second-order valence-corrected chi connectivity index (χ2v) is 4.09. The van der Waals surface area contributed by atoms with Gasteiger partial charge in [-0.3, -0.25) is 0 Å². The third kappa shape index (κ3) is 1.78. The van der Waals surface area contributed by atoms with Gasteiger partial charge < -0.3 is 9.73 Å². The van der Waals surface area contributed by atoms with Crippen molar-refractivity contribution in [3.8, 4) is 11.5 Å². The maximum Gasteiger partial charge on any atom is 0.247 e. The van der Waals surface area contributed by atoms with Crippen LogP contribution in [0.3, 0.4) is 0 Å². The minimum absolute atomic E-state index is 0.565. The molecule has 1 fully saturated rings. The maximum atomic E-state index is 5.13. The molecular weight excluding hydrogens is 202 g/mol. The number of anilines is 1. The quantitative estimate of drug-likeness (QED) is 0.855. The van der Waals surface area contributed by atoms with E-state index in [1.165, 1.54) is 25.7 Å². The second-order valence-electron chi connectivity index (χ2n) is 4.09. The summed E-state index contributed by atoms with van der Waals surface area (Å²) >= 11 is 0. The first-order valence-electron chi connectivity index (χ1n) is 5.55. The summed E-state index contributed by atoms with van der Waals surface area (Å²) in [6.45, 7) is 0. The lowest BCUT2D eigenvalue weighted by molar-refractivity contribution is 0.445. The van der Waals surface area contributed by atoms with Gasteiger partial charge in [-0.25, -0.2) is 0 Å². The van der Waals surface area contributed by atoms with Crippen LogP contribution in [0, 0.1) is 0 Å². The van der Waals surface area contributed by atoms with Crippen molar-refractivity contribution < 1.29 is 4.42 Å². The zero-order valence-electron chi connectivity index (χ0n) is 8.89. The SMILES string of the molecule is c1nnc(-c2ccc(NC3CCC3)cc2)o1. The van der Waals surface area contributed by atoms with Crippen molar-refractivity contribution in [3.63, 3.8) is 0 Å². The van der Waals surface area contributed by atoms with Crippen molar-refractivity contribution in [1.82, 2.24) is 10.2 Å². The Morgan fingerprint density at radius 1 is 1.19 bits per heavy atom. The molecule has 0 radical (unpaired) electrons. The summed E-state index contributed by atoms with van der Waals surface area (Å²) in [4.78, 5) is 0. The summed E-state index contributed by atoms with van der Waals surface area (Å²) in [5, 5.41) is 11.0. The number of nitrogens with zero attached hydrogens (tertiary/aromatic N) is 2. The van der Waals surface area contributed by atoms with Gasteiger partial charge in [0, 0.05) is 17.3 Å². The van der Waals surface area contributed by atoms with Crippen LogP contribution < -0.4 is 5.32 Å². The number of benzene rings is 1. The van der Waals surface area contributed by atoms with Crippen LogP contribution in [0.2, 0.25) is 0 Å². The first kappa shape index (κ1) is 9.39. The lowest BCUT2D eigenvalue weighted by atomic mass is 9.93. The van der Waals surface area contributed by atoms with E-state index >= 15 is 0 Å². The average molecular weight is 215 g/mol.